The normalized spacial score (nSPS) is 14.6. The maximum absolute atomic E-state index is 13.0. The van der Waals surface area contributed by atoms with Gasteiger partial charge in [0.1, 0.15) is 5.75 Å². The molecular weight excluding hydrogens is 348 g/mol. The molecule has 2 rings (SSSR count). The summed E-state index contributed by atoms with van der Waals surface area (Å²) < 4.78 is 5.67. The SMILES string of the molecule is CC1=C(C(=O)NC(C)(C)C(=O)c2ccc(OC(C)C)cc2C)SCC=N1. The van der Waals surface area contributed by atoms with Crippen molar-refractivity contribution in [1.29, 1.82) is 0 Å². The van der Waals surface area contributed by atoms with E-state index in [1.165, 1.54) is 11.8 Å². The van der Waals surface area contributed by atoms with Gasteiger partial charge in [0.05, 0.1) is 22.2 Å². The van der Waals surface area contributed by atoms with Gasteiger partial charge in [-0.1, -0.05) is 0 Å². The molecule has 0 spiro atoms. The van der Waals surface area contributed by atoms with Crippen LogP contribution in [0.3, 0.4) is 0 Å². The van der Waals surface area contributed by atoms with Crippen LogP contribution in [0.5, 0.6) is 5.75 Å². The van der Waals surface area contributed by atoms with Crippen LogP contribution < -0.4 is 10.1 Å². The largest absolute Gasteiger partial charge is 0.491 e. The maximum atomic E-state index is 13.0. The molecule has 0 aromatic heterocycles. The lowest BCUT2D eigenvalue weighted by Crippen LogP contribution is -2.50. The van der Waals surface area contributed by atoms with Gasteiger partial charge in [-0.3, -0.25) is 14.6 Å². The van der Waals surface area contributed by atoms with E-state index in [1.807, 2.05) is 26.8 Å². The Hall–Kier alpha value is -2.08. The summed E-state index contributed by atoms with van der Waals surface area (Å²) in [4.78, 5) is 30.3. The number of amides is 1. The number of nitrogens with zero attached hydrogens (tertiary/aromatic N) is 1. The van der Waals surface area contributed by atoms with Gasteiger partial charge in [0, 0.05) is 17.5 Å². The lowest BCUT2D eigenvalue weighted by Gasteiger charge is -2.27. The van der Waals surface area contributed by atoms with Gasteiger partial charge in [0.15, 0.2) is 5.78 Å². The van der Waals surface area contributed by atoms with Crippen molar-refractivity contribution in [3.63, 3.8) is 0 Å². The van der Waals surface area contributed by atoms with Crippen molar-refractivity contribution in [3.8, 4) is 5.75 Å². The molecule has 0 saturated carbocycles. The Morgan fingerprint density at radius 2 is 1.96 bits per heavy atom. The second-order valence-electron chi connectivity index (χ2n) is 7.09. The molecule has 0 bridgehead atoms. The van der Waals surface area contributed by atoms with Gasteiger partial charge in [-0.25, -0.2) is 0 Å². The molecule has 0 unspecified atom stereocenters. The third-order valence-corrected chi connectivity index (χ3v) is 5.02. The van der Waals surface area contributed by atoms with Crippen LogP contribution in [0.4, 0.5) is 0 Å². The predicted molar refractivity (Wildman–Crippen MR) is 107 cm³/mol. The van der Waals surface area contributed by atoms with Crippen molar-refractivity contribution >= 4 is 29.7 Å². The van der Waals surface area contributed by atoms with Crippen LogP contribution in [0.1, 0.15) is 50.5 Å². The molecule has 5 nitrogen and oxygen atoms in total. The molecule has 1 aliphatic heterocycles. The lowest BCUT2D eigenvalue weighted by atomic mass is 9.90. The van der Waals surface area contributed by atoms with E-state index in [4.69, 9.17) is 4.74 Å². The summed E-state index contributed by atoms with van der Waals surface area (Å²) in [5.41, 5.74) is 1.04. The first-order valence-electron chi connectivity index (χ1n) is 8.62. The molecule has 1 N–H and O–H groups in total. The minimum absolute atomic E-state index is 0.0684. The molecule has 1 aliphatic rings. The fourth-order valence-corrected chi connectivity index (χ4v) is 3.42. The molecule has 26 heavy (non-hydrogen) atoms. The maximum Gasteiger partial charge on any atom is 0.260 e. The average molecular weight is 375 g/mol. The minimum atomic E-state index is -1.03. The van der Waals surface area contributed by atoms with Crippen molar-refractivity contribution in [2.24, 2.45) is 4.99 Å². The summed E-state index contributed by atoms with van der Waals surface area (Å²) in [6.07, 6.45) is 1.84. The Morgan fingerprint density at radius 3 is 2.54 bits per heavy atom. The van der Waals surface area contributed by atoms with Crippen molar-refractivity contribution in [3.05, 3.63) is 39.9 Å². The third-order valence-electron chi connectivity index (χ3n) is 3.93. The zero-order valence-corrected chi connectivity index (χ0v) is 17.0. The topological polar surface area (TPSA) is 67.8 Å². The highest BCUT2D eigenvalue weighted by molar-refractivity contribution is 8.04. The van der Waals surface area contributed by atoms with Crippen molar-refractivity contribution in [2.75, 3.05) is 5.75 Å². The Bertz CT molecular complexity index is 779. The van der Waals surface area contributed by atoms with Crippen LogP contribution in [0.15, 0.2) is 33.8 Å². The first-order valence-corrected chi connectivity index (χ1v) is 9.61. The lowest BCUT2D eigenvalue weighted by molar-refractivity contribution is -0.118. The number of carbonyl (C=O) groups excluding carboxylic acids is 2. The van der Waals surface area contributed by atoms with Gasteiger partial charge in [-0.15, -0.1) is 11.8 Å². The third kappa shape index (κ3) is 4.75. The van der Waals surface area contributed by atoms with E-state index in [2.05, 4.69) is 10.3 Å². The van der Waals surface area contributed by atoms with Gasteiger partial charge < -0.3 is 10.1 Å². The highest BCUT2D eigenvalue weighted by atomic mass is 32.2. The van der Waals surface area contributed by atoms with Crippen LogP contribution in [0.2, 0.25) is 0 Å². The number of aryl methyl sites for hydroxylation is 1. The molecule has 6 heteroatoms. The van der Waals surface area contributed by atoms with Crippen LogP contribution in [0.25, 0.3) is 0 Å². The fraction of sp³-hybridized carbons (Fsp3) is 0.450. The van der Waals surface area contributed by atoms with E-state index in [-0.39, 0.29) is 17.8 Å². The number of benzene rings is 1. The number of nitrogens with one attached hydrogen (secondary N) is 1. The highest BCUT2D eigenvalue weighted by Crippen LogP contribution is 2.26. The van der Waals surface area contributed by atoms with E-state index >= 15 is 0 Å². The summed E-state index contributed by atoms with van der Waals surface area (Å²) in [6.45, 7) is 11.0. The molecule has 1 aromatic rings. The second-order valence-corrected chi connectivity index (χ2v) is 8.12. The zero-order valence-electron chi connectivity index (χ0n) is 16.2. The number of hydrogen-bond acceptors (Lipinski definition) is 5. The number of ether oxygens (including phenoxy) is 1. The Labute approximate surface area is 159 Å². The number of allylic oxidation sites excluding steroid dienone is 1. The van der Waals surface area contributed by atoms with Crippen molar-refractivity contribution in [2.45, 2.75) is 53.2 Å². The molecule has 0 fully saturated rings. The molecule has 0 saturated heterocycles. The van der Waals surface area contributed by atoms with Crippen molar-refractivity contribution in [1.82, 2.24) is 5.32 Å². The highest BCUT2D eigenvalue weighted by Gasteiger charge is 2.33. The monoisotopic (exact) mass is 374 g/mol. The quantitative estimate of drug-likeness (QED) is 0.767. The number of ketones is 1. The smallest absolute Gasteiger partial charge is 0.260 e. The molecule has 1 amide bonds. The number of Topliss-reactive ketones (excluding diaryl/α,β-unsaturated/α-hetero) is 1. The molecule has 1 heterocycles. The number of rotatable bonds is 6. The predicted octanol–water partition coefficient (Wildman–Crippen LogP) is 3.91. The van der Waals surface area contributed by atoms with Crippen molar-refractivity contribution < 1.29 is 14.3 Å². The average Bonchev–Trinajstić information content (AvgIpc) is 2.53. The first-order chi connectivity index (χ1) is 12.1. The molecule has 0 atom stereocenters. The summed E-state index contributed by atoms with van der Waals surface area (Å²) in [6, 6.07) is 5.40. The van der Waals surface area contributed by atoms with Gasteiger partial charge in [0.25, 0.3) is 5.91 Å². The Balaban J connectivity index is 2.19. The second kappa shape index (κ2) is 8.08. The zero-order chi connectivity index (χ0) is 19.5. The van der Waals surface area contributed by atoms with Gasteiger partial charge in [0.2, 0.25) is 0 Å². The standard InChI is InChI=1S/C20H26N2O3S/c1-12(2)25-15-7-8-16(13(3)11-15)18(23)20(5,6)22-19(24)17-14(4)21-9-10-26-17/h7-9,11-12H,10H2,1-6H3,(H,22,24). The Kier molecular flexibility index (Phi) is 6.29. The number of aliphatic imine (C=N–C) groups is 1. The first kappa shape index (κ1) is 20.2. The molecule has 140 valence electrons. The van der Waals surface area contributed by atoms with E-state index in [0.29, 0.717) is 21.9 Å². The summed E-state index contributed by atoms with van der Waals surface area (Å²) >= 11 is 1.43. The van der Waals surface area contributed by atoms with Crippen LogP contribution in [0, 0.1) is 6.92 Å². The summed E-state index contributed by atoms with van der Waals surface area (Å²) in [7, 11) is 0. The molecule has 0 radical (unpaired) electrons. The van der Waals surface area contributed by atoms with Crippen LogP contribution >= 0.6 is 11.8 Å². The van der Waals surface area contributed by atoms with Crippen LogP contribution in [-0.4, -0.2) is 35.3 Å². The van der Waals surface area contributed by atoms with Gasteiger partial charge in [-0.05, 0) is 65.3 Å². The van der Waals surface area contributed by atoms with Gasteiger partial charge >= 0.3 is 0 Å². The number of thioether (sulfide) groups is 1. The molecule has 0 aliphatic carbocycles. The fourth-order valence-electron chi connectivity index (χ4n) is 2.66. The van der Waals surface area contributed by atoms with Crippen LogP contribution in [-0.2, 0) is 4.79 Å². The van der Waals surface area contributed by atoms with E-state index in [1.54, 1.807) is 39.1 Å². The summed E-state index contributed by atoms with van der Waals surface area (Å²) in [5.74, 6) is 0.987. The number of carbonyl (C=O) groups is 2. The Morgan fingerprint density at radius 1 is 1.27 bits per heavy atom. The summed E-state index contributed by atoms with van der Waals surface area (Å²) in [5, 5.41) is 2.86. The van der Waals surface area contributed by atoms with E-state index < -0.39 is 5.54 Å². The molecular formula is C20H26N2O3S. The van der Waals surface area contributed by atoms with Gasteiger partial charge in [-0.2, -0.15) is 0 Å². The van der Waals surface area contributed by atoms with E-state index in [0.717, 1.165) is 11.3 Å². The number of hydrogen-bond donors (Lipinski definition) is 1. The van der Waals surface area contributed by atoms with E-state index in [9.17, 15) is 9.59 Å². The molecule has 1 aromatic carbocycles. The minimum Gasteiger partial charge on any atom is -0.491 e.